The third-order valence-corrected chi connectivity index (χ3v) is 6.78. The van der Waals surface area contributed by atoms with Crippen molar-refractivity contribution in [1.82, 2.24) is 4.57 Å². The molecular formula is C26H26N2O6S. The van der Waals surface area contributed by atoms with Crippen LogP contribution in [0.3, 0.4) is 0 Å². The van der Waals surface area contributed by atoms with Crippen LogP contribution >= 0.6 is 11.3 Å². The normalized spacial score (nSPS) is 15.5. The molecule has 0 saturated heterocycles. The van der Waals surface area contributed by atoms with E-state index in [-0.39, 0.29) is 17.9 Å². The number of phenols is 1. The number of rotatable bonds is 6. The van der Waals surface area contributed by atoms with Crippen molar-refractivity contribution in [2.24, 2.45) is 4.99 Å². The van der Waals surface area contributed by atoms with Gasteiger partial charge in [-0.15, -0.1) is 0 Å². The fourth-order valence-electron chi connectivity index (χ4n) is 4.08. The van der Waals surface area contributed by atoms with Crippen LogP contribution in [0, 0.1) is 6.92 Å². The molecule has 1 aliphatic heterocycles. The van der Waals surface area contributed by atoms with E-state index in [2.05, 4.69) is 4.99 Å². The van der Waals surface area contributed by atoms with Gasteiger partial charge in [0.15, 0.2) is 16.3 Å². The predicted molar refractivity (Wildman–Crippen MR) is 133 cm³/mol. The summed E-state index contributed by atoms with van der Waals surface area (Å²) in [7, 11) is 3.04. The van der Waals surface area contributed by atoms with E-state index in [9.17, 15) is 14.7 Å². The molecule has 0 bridgehead atoms. The number of benzene rings is 2. The largest absolute Gasteiger partial charge is 0.504 e. The summed E-state index contributed by atoms with van der Waals surface area (Å²) in [5, 5.41) is 10.5. The number of fused-ring (bicyclic) bond motifs is 1. The van der Waals surface area contributed by atoms with Gasteiger partial charge in [0, 0.05) is 5.56 Å². The number of ether oxygens (including phenoxy) is 3. The maximum absolute atomic E-state index is 13.7. The number of methoxy groups -OCH3 is 2. The predicted octanol–water partition coefficient (Wildman–Crippen LogP) is 2.83. The first-order valence-corrected chi connectivity index (χ1v) is 11.8. The van der Waals surface area contributed by atoms with Crippen molar-refractivity contribution in [2.75, 3.05) is 20.8 Å². The number of para-hydroxylation sites is 1. The van der Waals surface area contributed by atoms with Gasteiger partial charge in [-0.05, 0) is 50.1 Å². The van der Waals surface area contributed by atoms with Gasteiger partial charge in [0.05, 0.1) is 42.7 Å². The van der Waals surface area contributed by atoms with Crippen LogP contribution in [-0.4, -0.2) is 36.5 Å². The average molecular weight is 495 g/mol. The number of allylic oxidation sites excluding steroid dienone is 1. The monoisotopic (exact) mass is 494 g/mol. The summed E-state index contributed by atoms with van der Waals surface area (Å²) in [6.45, 7) is 5.57. The second kappa shape index (κ2) is 9.79. The van der Waals surface area contributed by atoms with Gasteiger partial charge in [-0.1, -0.05) is 35.6 Å². The average Bonchev–Trinajstić information content (AvgIpc) is 3.14. The van der Waals surface area contributed by atoms with E-state index >= 15 is 0 Å². The zero-order valence-corrected chi connectivity index (χ0v) is 20.9. The molecule has 1 N–H and O–H groups in total. The molecule has 1 unspecified atom stereocenters. The van der Waals surface area contributed by atoms with Gasteiger partial charge < -0.3 is 19.3 Å². The van der Waals surface area contributed by atoms with Crippen LogP contribution in [-0.2, 0) is 9.53 Å². The van der Waals surface area contributed by atoms with Gasteiger partial charge in [0.1, 0.15) is 5.75 Å². The lowest BCUT2D eigenvalue weighted by Gasteiger charge is -2.25. The number of carbonyl (C=O) groups excluding carboxylic acids is 1. The van der Waals surface area contributed by atoms with E-state index in [1.165, 1.54) is 23.0 Å². The Balaban J connectivity index is 1.98. The first-order chi connectivity index (χ1) is 16.8. The van der Waals surface area contributed by atoms with E-state index in [1.807, 2.05) is 25.1 Å². The highest BCUT2D eigenvalue weighted by Crippen LogP contribution is 2.34. The van der Waals surface area contributed by atoms with Gasteiger partial charge in [-0.2, -0.15) is 0 Å². The molecule has 0 radical (unpaired) electrons. The quantitative estimate of drug-likeness (QED) is 0.529. The van der Waals surface area contributed by atoms with E-state index in [4.69, 9.17) is 14.2 Å². The number of nitrogens with zero attached hydrogens (tertiary/aromatic N) is 2. The van der Waals surface area contributed by atoms with Gasteiger partial charge in [0.25, 0.3) is 5.56 Å². The Hall–Kier alpha value is -3.85. The second-order valence-electron chi connectivity index (χ2n) is 7.93. The van der Waals surface area contributed by atoms with E-state index < -0.39 is 12.0 Å². The summed E-state index contributed by atoms with van der Waals surface area (Å²) >= 11 is 1.18. The number of aromatic nitrogens is 1. The number of aromatic hydroxyl groups is 1. The van der Waals surface area contributed by atoms with Crippen LogP contribution in [0.25, 0.3) is 6.08 Å². The number of esters is 1. The Morgan fingerprint density at radius 2 is 1.91 bits per heavy atom. The lowest BCUT2D eigenvalue weighted by molar-refractivity contribution is -0.139. The lowest BCUT2D eigenvalue weighted by Crippen LogP contribution is -2.40. The first kappa shape index (κ1) is 24.3. The zero-order chi connectivity index (χ0) is 25.3. The molecule has 0 fully saturated rings. The van der Waals surface area contributed by atoms with E-state index in [0.717, 1.165) is 5.56 Å². The van der Waals surface area contributed by atoms with Gasteiger partial charge in [0.2, 0.25) is 0 Å². The minimum absolute atomic E-state index is 0.0657. The number of hydrogen-bond donors (Lipinski definition) is 1. The Labute approximate surface area is 206 Å². The molecule has 2 aromatic carbocycles. The van der Waals surface area contributed by atoms with Gasteiger partial charge in [-0.25, -0.2) is 9.79 Å². The first-order valence-electron chi connectivity index (χ1n) is 11.0. The van der Waals surface area contributed by atoms with Crippen molar-refractivity contribution < 1.29 is 24.1 Å². The molecule has 35 heavy (non-hydrogen) atoms. The summed E-state index contributed by atoms with van der Waals surface area (Å²) in [5.41, 5.74) is 2.49. The van der Waals surface area contributed by atoms with Crippen LogP contribution in [0.4, 0.5) is 0 Å². The number of aryl methyl sites for hydroxylation is 1. The summed E-state index contributed by atoms with van der Waals surface area (Å²) < 4.78 is 17.9. The molecule has 0 saturated carbocycles. The SMILES string of the molecule is CCOC(=O)C1=C(C)N=c2s/c(=C/c3cccc(OC)c3O)c(=O)n2C1c1ccc(C)c(OC)c1. The van der Waals surface area contributed by atoms with Crippen molar-refractivity contribution in [3.8, 4) is 17.2 Å². The molecule has 4 rings (SSSR count). The van der Waals surface area contributed by atoms with Crippen LogP contribution in [0.2, 0.25) is 0 Å². The van der Waals surface area contributed by atoms with Crippen LogP contribution < -0.4 is 24.4 Å². The Bertz CT molecular complexity index is 1520. The molecule has 9 heteroatoms. The van der Waals surface area contributed by atoms with Crippen molar-refractivity contribution in [3.63, 3.8) is 0 Å². The van der Waals surface area contributed by atoms with Crippen molar-refractivity contribution in [1.29, 1.82) is 0 Å². The third-order valence-electron chi connectivity index (χ3n) is 5.80. The standard InChI is InChI=1S/C26H26N2O6S/c1-6-34-25(31)21-15(3)27-26-28(22(21)16-11-10-14(2)19(12-16)33-5)24(30)20(35-26)13-17-8-7-9-18(32-4)23(17)29/h7-13,22,29H,6H2,1-5H3/b20-13+. The summed E-state index contributed by atoms with van der Waals surface area (Å²) in [4.78, 5) is 31.7. The molecule has 0 spiro atoms. The maximum Gasteiger partial charge on any atom is 0.338 e. The van der Waals surface area contributed by atoms with Crippen LogP contribution in [0.1, 0.15) is 36.6 Å². The molecule has 1 atom stereocenters. The molecular weight excluding hydrogens is 468 g/mol. The topological polar surface area (TPSA) is 99.4 Å². The van der Waals surface area contributed by atoms with Crippen LogP contribution in [0.5, 0.6) is 17.2 Å². The minimum atomic E-state index is -0.749. The number of carbonyl (C=O) groups is 1. The number of thiazole rings is 1. The van der Waals surface area contributed by atoms with Crippen molar-refractivity contribution in [3.05, 3.63) is 84.0 Å². The highest BCUT2D eigenvalue weighted by Gasteiger charge is 2.33. The molecule has 1 aliphatic rings. The molecule has 0 amide bonds. The summed E-state index contributed by atoms with van der Waals surface area (Å²) in [6, 6.07) is 9.87. The van der Waals surface area contributed by atoms with E-state index in [0.29, 0.717) is 43.2 Å². The molecule has 0 aliphatic carbocycles. The van der Waals surface area contributed by atoms with Crippen LogP contribution in [0.15, 0.2) is 57.5 Å². The summed E-state index contributed by atoms with van der Waals surface area (Å²) in [5.74, 6) is 0.349. The van der Waals surface area contributed by atoms with Crippen molar-refractivity contribution >= 4 is 23.4 Å². The maximum atomic E-state index is 13.7. The third kappa shape index (κ3) is 4.35. The Morgan fingerprint density at radius 1 is 1.17 bits per heavy atom. The molecule has 182 valence electrons. The van der Waals surface area contributed by atoms with E-state index in [1.54, 1.807) is 45.2 Å². The Kier molecular flexibility index (Phi) is 6.79. The molecule has 1 aromatic heterocycles. The molecule has 2 heterocycles. The fourth-order valence-corrected chi connectivity index (χ4v) is 5.11. The van der Waals surface area contributed by atoms with Gasteiger partial charge in [-0.3, -0.25) is 9.36 Å². The zero-order valence-electron chi connectivity index (χ0n) is 20.1. The highest BCUT2D eigenvalue weighted by molar-refractivity contribution is 7.07. The number of phenolic OH excluding ortho intramolecular Hbond substituents is 1. The Morgan fingerprint density at radius 3 is 2.60 bits per heavy atom. The number of hydrogen-bond acceptors (Lipinski definition) is 8. The smallest absolute Gasteiger partial charge is 0.338 e. The lowest BCUT2D eigenvalue weighted by atomic mass is 9.95. The second-order valence-corrected chi connectivity index (χ2v) is 8.94. The minimum Gasteiger partial charge on any atom is -0.504 e. The molecule has 8 nitrogen and oxygen atoms in total. The fraction of sp³-hybridized carbons (Fsp3) is 0.269. The van der Waals surface area contributed by atoms with Gasteiger partial charge >= 0.3 is 5.97 Å². The highest BCUT2D eigenvalue weighted by atomic mass is 32.1. The summed E-state index contributed by atoms with van der Waals surface area (Å²) in [6.07, 6.45) is 1.60. The van der Waals surface area contributed by atoms with Crippen molar-refractivity contribution in [2.45, 2.75) is 26.8 Å². The molecule has 3 aromatic rings.